The van der Waals surface area contributed by atoms with Crippen molar-refractivity contribution >= 4 is 0 Å². The lowest BCUT2D eigenvalue weighted by molar-refractivity contribution is 0.402. The monoisotopic (exact) mass is 285 g/mol. The normalized spacial score (nSPS) is 15.9. The lowest BCUT2D eigenvalue weighted by Crippen LogP contribution is -2.30. The number of benzene rings is 1. The van der Waals surface area contributed by atoms with E-state index in [9.17, 15) is 4.39 Å². The first-order chi connectivity index (χ1) is 9.83. The number of dihydropyridines is 1. The largest absolute Gasteiger partial charge is 0.358 e. The molecule has 0 radical (unpaired) electrons. The third-order valence-electron chi connectivity index (χ3n) is 4.32. The molecule has 0 aliphatic carbocycles. The van der Waals surface area contributed by atoms with Crippen LogP contribution >= 0.6 is 0 Å². The molecule has 21 heavy (non-hydrogen) atoms. The van der Waals surface area contributed by atoms with Crippen molar-refractivity contribution in [3.8, 4) is 0 Å². The zero-order valence-electron chi connectivity index (χ0n) is 13.4. The summed E-state index contributed by atoms with van der Waals surface area (Å²) in [6.07, 6.45) is 4.04. The van der Waals surface area contributed by atoms with Crippen LogP contribution in [0.1, 0.15) is 39.7 Å². The van der Waals surface area contributed by atoms with Gasteiger partial charge in [0.05, 0.1) is 0 Å². The van der Waals surface area contributed by atoms with E-state index in [2.05, 4.69) is 45.7 Å². The second-order valence-electron chi connectivity index (χ2n) is 6.37. The van der Waals surface area contributed by atoms with Crippen LogP contribution in [0.15, 0.2) is 59.5 Å². The van der Waals surface area contributed by atoms with Crippen LogP contribution in [-0.2, 0) is 6.42 Å². The van der Waals surface area contributed by atoms with E-state index < -0.39 is 0 Å². The lowest BCUT2D eigenvalue weighted by atomic mass is 9.81. The average molecular weight is 285 g/mol. The summed E-state index contributed by atoms with van der Waals surface area (Å²) < 4.78 is 13.0. The molecule has 1 N–H and O–H groups in total. The molecule has 1 aliphatic rings. The highest BCUT2D eigenvalue weighted by molar-refractivity contribution is 5.46. The van der Waals surface area contributed by atoms with Gasteiger partial charge in [-0.15, -0.1) is 0 Å². The van der Waals surface area contributed by atoms with Gasteiger partial charge in [-0.2, -0.15) is 0 Å². The Labute approximate surface area is 127 Å². The molecular formula is C19H24FN. The molecule has 0 amide bonds. The molecule has 0 bridgehead atoms. The summed E-state index contributed by atoms with van der Waals surface area (Å²) in [4.78, 5) is 0. The van der Waals surface area contributed by atoms with Crippen LogP contribution in [0.3, 0.4) is 0 Å². The molecule has 1 heterocycles. The van der Waals surface area contributed by atoms with Crippen LogP contribution in [0.25, 0.3) is 0 Å². The molecular weight excluding hydrogens is 261 g/mol. The van der Waals surface area contributed by atoms with Crippen LogP contribution in [0.2, 0.25) is 0 Å². The summed E-state index contributed by atoms with van der Waals surface area (Å²) in [7, 11) is 0. The topological polar surface area (TPSA) is 12.0 Å². The maximum Gasteiger partial charge on any atom is 0.123 e. The van der Waals surface area contributed by atoms with E-state index in [1.54, 1.807) is 0 Å². The summed E-state index contributed by atoms with van der Waals surface area (Å²) in [5, 5.41) is 3.48. The molecule has 1 aromatic rings. The summed E-state index contributed by atoms with van der Waals surface area (Å²) in [6.45, 7) is 13.0. The Morgan fingerprint density at radius 3 is 2.38 bits per heavy atom. The van der Waals surface area contributed by atoms with E-state index >= 15 is 0 Å². The van der Waals surface area contributed by atoms with Gasteiger partial charge in [-0.3, -0.25) is 0 Å². The first kappa shape index (κ1) is 15.6. The van der Waals surface area contributed by atoms with E-state index in [4.69, 9.17) is 0 Å². The van der Waals surface area contributed by atoms with E-state index in [0.717, 1.165) is 29.7 Å². The second-order valence-corrected chi connectivity index (χ2v) is 6.37. The Morgan fingerprint density at radius 1 is 1.19 bits per heavy atom. The molecule has 0 aromatic heterocycles. The molecule has 0 fully saturated rings. The predicted molar refractivity (Wildman–Crippen MR) is 87.2 cm³/mol. The predicted octanol–water partition coefficient (Wildman–Crippen LogP) is 5.12. The molecule has 0 saturated heterocycles. The second kappa shape index (κ2) is 5.88. The van der Waals surface area contributed by atoms with Gasteiger partial charge in [-0.1, -0.05) is 45.6 Å². The van der Waals surface area contributed by atoms with Gasteiger partial charge in [0.25, 0.3) is 0 Å². The van der Waals surface area contributed by atoms with Gasteiger partial charge in [0.1, 0.15) is 5.82 Å². The van der Waals surface area contributed by atoms with Gasteiger partial charge < -0.3 is 5.32 Å². The number of rotatable bonds is 4. The van der Waals surface area contributed by atoms with Crippen molar-refractivity contribution in [2.45, 2.75) is 40.5 Å². The fraction of sp³-hybridized carbons (Fsp3) is 0.368. The Hall–Kier alpha value is -1.83. The third kappa shape index (κ3) is 3.44. The van der Waals surface area contributed by atoms with E-state index in [0.29, 0.717) is 0 Å². The van der Waals surface area contributed by atoms with Gasteiger partial charge in [-0.25, -0.2) is 4.39 Å². The van der Waals surface area contributed by atoms with Crippen molar-refractivity contribution in [2.75, 3.05) is 0 Å². The Kier molecular flexibility index (Phi) is 4.36. The highest BCUT2D eigenvalue weighted by atomic mass is 19.1. The van der Waals surface area contributed by atoms with Gasteiger partial charge in [0.15, 0.2) is 0 Å². The highest BCUT2D eigenvalue weighted by Gasteiger charge is 2.26. The van der Waals surface area contributed by atoms with E-state index in [-0.39, 0.29) is 11.2 Å². The Balaban J connectivity index is 2.27. The summed E-state index contributed by atoms with van der Waals surface area (Å²) in [6, 6.07) is 6.66. The first-order valence-electron chi connectivity index (χ1n) is 7.46. The minimum atomic E-state index is -0.198. The molecule has 112 valence electrons. The molecule has 1 nitrogen and oxygen atoms in total. The fourth-order valence-corrected chi connectivity index (χ4v) is 2.61. The maximum absolute atomic E-state index is 13.0. The summed E-state index contributed by atoms with van der Waals surface area (Å²) >= 11 is 0. The highest BCUT2D eigenvalue weighted by Crippen LogP contribution is 2.35. The molecule has 1 aromatic carbocycles. The van der Waals surface area contributed by atoms with Crippen molar-refractivity contribution in [2.24, 2.45) is 5.41 Å². The number of nitrogens with one attached hydrogen (secondary N) is 1. The maximum atomic E-state index is 13.0. The van der Waals surface area contributed by atoms with Crippen molar-refractivity contribution in [1.82, 2.24) is 5.32 Å². The molecule has 2 rings (SSSR count). The van der Waals surface area contributed by atoms with Crippen LogP contribution in [-0.4, -0.2) is 0 Å². The Bertz CT molecular complexity index is 603. The van der Waals surface area contributed by atoms with Gasteiger partial charge >= 0.3 is 0 Å². The lowest BCUT2D eigenvalue weighted by Gasteiger charge is -2.33. The average Bonchev–Trinajstić information content (AvgIpc) is 2.44. The summed E-state index contributed by atoms with van der Waals surface area (Å²) in [5.74, 6) is -0.198. The molecule has 1 aliphatic heterocycles. The number of allylic oxidation sites excluding steroid dienone is 4. The van der Waals surface area contributed by atoms with Gasteiger partial charge in [-0.05, 0) is 48.6 Å². The van der Waals surface area contributed by atoms with Crippen molar-refractivity contribution in [3.05, 3.63) is 70.8 Å². The number of hydrogen-bond acceptors (Lipinski definition) is 1. The zero-order valence-corrected chi connectivity index (χ0v) is 13.4. The summed E-state index contributed by atoms with van der Waals surface area (Å²) in [5.41, 5.74) is 5.82. The molecule has 0 saturated carbocycles. The van der Waals surface area contributed by atoms with Crippen LogP contribution < -0.4 is 5.32 Å². The van der Waals surface area contributed by atoms with Crippen molar-refractivity contribution in [1.29, 1.82) is 0 Å². The Morgan fingerprint density at radius 2 is 1.81 bits per heavy atom. The number of hydrogen-bond donors (Lipinski definition) is 1. The quantitative estimate of drug-likeness (QED) is 0.809. The van der Waals surface area contributed by atoms with Gasteiger partial charge in [0, 0.05) is 16.8 Å². The molecule has 2 heteroatoms. The minimum absolute atomic E-state index is 0.116. The third-order valence-corrected chi connectivity index (χ3v) is 4.32. The molecule has 0 unspecified atom stereocenters. The van der Waals surface area contributed by atoms with Crippen LogP contribution in [0.4, 0.5) is 4.39 Å². The van der Waals surface area contributed by atoms with Crippen molar-refractivity contribution in [3.63, 3.8) is 0 Å². The van der Waals surface area contributed by atoms with Crippen molar-refractivity contribution < 1.29 is 4.39 Å². The fourth-order valence-electron chi connectivity index (χ4n) is 2.61. The van der Waals surface area contributed by atoms with Crippen LogP contribution in [0.5, 0.6) is 0 Å². The smallest absolute Gasteiger partial charge is 0.123 e. The standard InChI is InChI=1S/C19H24FN/c1-6-19(4,5)18-13(2)11-16(14(3)21-18)12-15-7-9-17(20)10-8-15/h7-11,21H,3,6,12H2,1-2,4-5H3. The van der Waals surface area contributed by atoms with E-state index in [1.807, 2.05) is 12.1 Å². The minimum Gasteiger partial charge on any atom is -0.358 e. The first-order valence-corrected chi connectivity index (χ1v) is 7.46. The SMILES string of the molecule is C=C1NC(C(C)(C)CC)=C(C)C=C1Cc1ccc(F)cc1. The molecule has 0 atom stereocenters. The van der Waals surface area contributed by atoms with Gasteiger partial charge in [0.2, 0.25) is 0 Å². The zero-order chi connectivity index (χ0) is 15.6. The molecule has 0 spiro atoms. The van der Waals surface area contributed by atoms with E-state index in [1.165, 1.54) is 23.4 Å². The number of halogens is 1. The van der Waals surface area contributed by atoms with Crippen LogP contribution in [0, 0.1) is 11.2 Å².